The summed E-state index contributed by atoms with van der Waals surface area (Å²) in [5.74, 6) is 1.68. The van der Waals surface area contributed by atoms with E-state index in [0.29, 0.717) is 29.2 Å². The number of rotatable bonds is 6. The van der Waals surface area contributed by atoms with Gasteiger partial charge in [0.2, 0.25) is 0 Å². The number of benzene rings is 4. The quantitative estimate of drug-likeness (QED) is 0.204. The molecule has 0 spiro atoms. The van der Waals surface area contributed by atoms with Gasteiger partial charge in [-0.15, -0.1) is 0 Å². The van der Waals surface area contributed by atoms with Crippen molar-refractivity contribution in [1.82, 2.24) is 0 Å². The third-order valence-electron chi connectivity index (χ3n) is 7.60. The van der Waals surface area contributed by atoms with Crippen molar-refractivity contribution in [3.8, 4) is 5.75 Å². The number of anilines is 1. The summed E-state index contributed by atoms with van der Waals surface area (Å²) in [5.41, 5.74) is 9.48. The van der Waals surface area contributed by atoms with Gasteiger partial charge in [0.05, 0.1) is 16.8 Å². The van der Waals surface area contributed by atoms with E-state index in [9.17, 15) is 0 Å². The van der Waals surface area contributed by atoms with Gasteiger partial charge >= 0.3 is 0 Å². The highest BCUT2D eigenvalue weighted by Gasteiger charge is 2.37. The second-order valence-electron chi connectivity index (χ2n) is 10.4. The van der Waals surface area contributed by atoms with Crippen molar-refractivity contribution in [2.24, 2.45) is 10.9 Å². The number of nitrogens with one attached hydrogen (secondary N) is 1. The van der Waals surface area contributed by atoms with Gasteiger partial charge in [0.1, 0.15) is 12.4 Å². The van der Waals surface area contributed by atoms with Crippen LogP contribution >= 0.6 is 11.6 Å². The smallest absolute Gasteiger partial charge is 0.138 e. The Kier molecular flexibility index (Phi) is 6.78. The molecule has 3 nitrogen and oxygen atoms in total. The molecule has 0 saturated carbocycles. The zero-order valence-corrected chi connectivity index (χ0v) is 22.5. The molecule has 0 unspecified atom stereocenters. The molecule has 0 saturated heterocycles. The first-order valence-electron chi connectivity index (χ1n) is 13.2. The first-order valence-corrected chi connectivity index (χ1v) is 13.6. The highest BCUT2D eigenvalue weighted by molar-refractivity contribution is 6.32. The van der Waals surface area contributed by atoms with Crippen LogP contribution in [-0.2, 0) is 6.61 Å². The minimum Gasteiger partial charge on any atom is -0.487 e. The number of ether oxygens (including phenoxy) is 1. The number of aryl methyl sites for hydroxylation is 2. The van der Waals surface area contributed by atoms with E-state index in [2.05, 4.69) is 98.0 Å². The molecule has 1 N–H and O–H groups in total. The molecule has 1 heterocycles. The van der Waals surface area contributed by atoms with Crippen LogP contribution in [0.1, 0.15) is 51.8 Å². The Morgan fingerprint density at radius 2 is 1.71 bits per heavy atom. The fourth-order valence-corrected chi connectivity index (χ4v) is 5.76. The number of hydrogen-bond acceptors (Lipinski definition) is 3. The number of nitrogens with zero attached hydrogens (tertiary/aromatic N) is 1. The van der Waals surface area contributed by atoms with Crippen LogP contribution in [0.4, 0.5) is 11.4 Å². The molecule has 0 amide bonds. The van der Waals surface area contributed by atoms with Crippen molar-refractivity contribution in [3.05, 3.63) is 135 Å². The molecule has 4 aromatic carbocycles. The van der Waals surface area contributed by atoms with Gasteiger partial charge in [-0.25, -0.2) is 0 Å². The van der Waals surface area contributed by atoms with E-state index >= 15 is 0 Å². The highest BCUT2D eigenvalue weighted by atomic mass is 35.5. The third-order valence-corrected chi connectivity index (χ3v) is 7.90. The van der Waals surface area contributed by atoms with Gasteiger partial charge in [-0.05, 0) is 84.8 Å². The van der Waals surface area contributed by atoms with Crippen molar-refractivity contribution in [3.63, 3.8) is 0 Å². The molecule has 1 aliphatic carbocycles. The predicted molar refractivity (Wildman–Crippen MR) is 158 cm³/mol. The van der Waals surface area contributed by atoms with E-state index in [-0.39, 0.29) is 6.04 Å². The van der Waals surface area contributed by atoms with E-state index < -0.39 is 0 Å². The van der Waals surface area contributed by atoms with Crippen molar-refractivity contribution < 1.29 is 4.74 Å². The molecule has 38 heavy (non-hydrogen) atoms. The van der Waals surface area contributed by atoms with E-state index in [1.807, 2.05) is 24.4 Å². The van der Waals surface area contributed by atoms with Crippen LogP contribution in [-0.4, -0.2) is 6.21 Å². The van der Waals surface area contributed by atoms with E-state index in [4.69, 9.17) is 21.3 Å². The fraction of sp³-hybridized carbons (Fsp3) is 0.206. The molecule has 0 aromatic heterocycles. The number of aliphatic imine (C=N–C) groups is 1. The standard InChI is InChI=1S/C34H31ClN2O/c1-22-6-9-24(10-7-22)21-38-33-17-11-25(19-31(33)35)20-36-27-14-12-26(13-15-27)34-29-5-3-4-28(29)30-18-23(2)8-16-32(30)37-34/h3-4,6-20,28-29,34,37H,5,21H2,1-2H3/t28-,29-,34-/m0/s1. The van der Waals surface area contributed by atoms with Crippen LogP contribution in [0.25, 0.3) is 0 Å². The monoisotopic (exact) mass is 518 g/mol. The lowest BCUT2D eigenvalue weighted by atomic mass is 9.76. The van der Waals surface area contributed by atoms with Gasteiger partial charge in [-0.2, -0.15) is 0 Å². The van der Waals surface area contributed by atoms with Crippen molar-refractivity contribution in [1.29, 1.82) is 0 Å². The summed E-state index contributed by atoms with van der Waals surface area (Å²) in [5, 5.41) is 4.40. The normalized spacial score (nSPS) is 19.7. The van der Waals surface area contributed by atoms with Crippen molar-refractivity contribution >= 4 is 29.2 Å². The molecule has 3 atom stereocenters. The summed E-state index contributed by atoms with van der Waals surface area (Å²) in [6.07, 6.45) is 7.67. The Labute approximate surface area is 229 Å². The SMILES string of the molecule is Cc1ccc(COc2ccc(C=Nc3ccc([C@@H]4Nc5ccc(C)cc5[C@H]5C=CC[C@@H]54)cc3)cc2Cl)cc1. The lowest BCUT2D eigenvalue weighted by molar-refractivity contribution is 0.306. The molecule has 0 radical (unpaired) electrons. The first kappa shape index (κ1) is 24.5. The van der Waals surface area contributed by atoms with E-state index in [1.165, 1.54) is 27.9 Å². The van der Waals surface area contributed by atoms with Crippen LogP contribution in [0.3, 0.4) is 0 Å². The molecule has 4 aromatic rings. The van der Waals surface area contributed by atoms with Gasteiger partial charge < -0.3 is 10.1 Å². The summed E-state index contributed by atoms with van der Waals surface area (Å²) in [6, 6.07) is 29.7. The van der Waals surface area contributed by atoms with Gasteiger partial charge in [0.15, 0.2) is 0 Å². The molecule has 2 aliphatic rings. The first-order chi connectivity index (χ1) is 18.5. The fourth-order valence-electron chi connectivity index (χ4n) is 5.52. The van der Waals surface area contributed by atoms with E-state index in [0.717, 1.165) is 23.2 Å². The van der Waals surface area contributed by atoms with E-state index in [1.54, 1.807) is 0 Å². The topological polar surface area (TPSA) is 33.6 Å². The number of fused-ring (bicyclic) bond motifs is 3. The zero-order valence-electron chi connectivity index (χ0n) is 21.7. The molecular weight excluding hydrogens is 488 g/mol. The molecule has 6 rings (SSSR count). The second kappa shape index (κ2) is 10.5. The van der Waals surface area contributed by atoms with Gasteiger partial charge in [-0.3, -0.25) is 4.99 Å². The summed E-state index contributed by atoms with van der Waals surface area (Å²) < 4.78 is 5.92. The number of allylic oxidation sites excluding steroid dienone is 2. The Morgan fingerprint density at radius 1 is 0.921 bits per heavy atom. The zero-order chi connectivity index (χ0) is 26.1. The van der Waals surface area contributed by atoms with Crippen molar-refractivity contribution in [2.75, 3.05) is 5.32 Å². The predicted octanol–water partition coefficient (Wildman–Crippen LogP) is 9.11. The Hall–Kier alpha value is -3.82. The van der Waals surface area contributed by atoms with Gasteiger partial charge in [-0.1, -0.05) is 83.4 Å². The Morgan fingerprint density at radius 3 is 2.50 bits per heavy atom. The number of halogens is 1. The summed E-state index contributed by atoms with van der Waals surface area (Å²) in [7, 11) is 0. The lowest BCUT2D eigenvalue weighted by Gasteiger charge is -2.37. The summed E-state index contributed by atoms with van der Waals surface area (Å²) in [4.78, 5) is 4.69. The molecular formula is C34H31ClN2O. The van der Waals surface area contributed by atoms with Crippen LogP contribution in [0, 0.1) is 19.8 Å². The maximum Gasteiger partial charge on any atom is 0.138 e. The number of hydrogen-bond donors (Lipinski definition) is 1. The second-order valence-corrected chi connectivity index (χ2v) is 10.8. The average Bonchev–Trinajstić information content (AvgIpc) is 3.43. The summed E-state index contributed by atoms with van der Waals surface area (Å²) in [6.45, 7) is 4.73. The summed E-state index contributed by atoms with van der Waals surface area (Å²) >= 11 is 6.50. The third kappa shape index (κ3) is 5.12. The molecule has 0 fully saturated rings. The molecule has 1 aliphatic heterocycles. The maximum atomic E-state index is 6.50. The van der Waals surface area contributed by atoms with Gasteiger partial charge in [0, 0.05) is 17.8 Å². The van der Waals surface area contributed by atoms with Crippen LogP contribution in [0.5, 0.6) is 5.75 Å². The lowest BCUT2D eigenvalue weighted by Crippen LogP contribution is -2.29. The molecule has 190 valence electrons. The van der Waals surface area contributed by atoms with Crippen LogP contribution < -0.4 is 10.1 Å². The Bertz CT molecular complexity index is 1510. The van der Waals surface area contributed by atoms with Crippen molar-refractivity contribution in [2.45, 2.75) is 38.8 Å². The molecule has 0 bridgehead atoms. The van der Waals surface area contributed by atoms with Crippen LogP contribution in [0.15, 0.2) is 102 Å². The average molecular weight is 519 g/mol. The van der Waals surface area contributed by atoms with Gasteiger partial charge in [0.25, 0.3) is 0 Å². The largest absolute Gasteiger partial charge is 0.487 e. The highest BCUT2D eigenvalue weighted by Crippen LogP contribution is 2.50. The Balaban J connectivity index is 1.12. The minimum atomic E-state index is 0.287. The maximum absolute atomic E-state index is 6.50. The molecule has 4 heteroatoms. The van der Waals surface area contributed by atoms with Crippen LogP contribution in [0.2, 0.25) is 5.02 Å². The minimum absolute atomic E-state index is 0.287.